The Kier molecular flexibility index (Phi) is 4.01. The number of hydrogen-bond acceptors (Lipinski definition) is 4. The fraction of sp³-hybridized carbons (Fsp3) is 0.250. The molecule has 1 aromatic carbocycles. The minimum absolute atomic E-state index is 0.0581. The number of nitrogens with zero attached hydrogens (tertiary/aromatic N) is 1. The SMILES string of the molecule is O=C(CCCN1C(=O)COc2ccccc21)c1cccs1. The largest absolute Gasteiger partial charge is 0.482 e. The molecule has 1 aromatic heterocycles. The number of anilines is 1. The highest BCUT2D eigenvalue weighted by Gasteiger charge is 2.24. The summed E-state index contributed by atoms with van der Waals surface area (Å²) in [6.45, 7) is 0.603. The fourth-order valence-electron chi connectivity index (χ4n) is 2.36. The molecule has 1 amide bonds. The van der Waals surface area contributed by atoms with Crippen LogP contribution >= 0.6 is 11.3 Å². The van der Waals surface area contributed by atoms with Crippen molar-refractivity contribution in [3.63, 3.8) is 0 Å². The molecule has 2 heterocycles. The van der Waals surface area contributed by atoms with Crippen molar-refractivity contribution in [1.29, 1.82) is 0 Å². The first-order valence-corrected chi connectivity index (χ1v) is 7.72. The van der Waals surface area contributed by atoms with E-state index in [1.165, 1.54) is 11.3 Å². The van der Waals surface area contributed by atoms with Crippen LogP contribution in [0.4, 0.5) is 5.69 Å². The Morgan fingerprint density at radius 1 is 1.24 bits per heavy atom. The summed E-state index contributed by atoms with van der Waals surface area (Å²) >= 11 is 1.46. The number of ketones is 1. The van der Waals surface area contributed by atoms with Crippen LogP contribution in [0, 0.1) is 0 Å². The van der Waals surface area contributed by atoms with E-state index in [1.807, 2.05) is 41.8 Å². The minimum Gasteiger partial charge on any atom is -0.482 e. The van der Waals surface area contributed by atoms with Gasteiger partial charge in [-0.1, -0.05) is 18.2 Å². The predicted molar refractivity (Wildman–Crippen MR) is 82.2 cm³/mol. The van der Waals surface area contributed by atoms with Gasteiger partial charge < -0.3 is 9.64 Å². The number of carbonyl (C=O) groups is 2. The molecule has 0 atom stereocenters. The quantitative estimate of drug-likeness (QED) is 0.797. The van der Waals surface area contributed by atoms with Gasteiger partial charge in [0.25, 0.3) is 5.91 Å². The van der Waals surface area contributed by atoms with Gasteiger partial charge in [-0.3, -0.25) is 9.59 Å². The second-order valence-electron chi connectivity index (χ2n) is 4.81. The van der Waals surface area contributed by atoms with Crippen molar-refractivity contribution in [2.24, 2.45) is 0 Å². The monoisotopic (exact) mass is 301 g/mol. The zero-order chi connectivity index (χ0) is 14.7. The second-order valence-corrected chi connectivity index (χ2v) is 5.75. The first kappa shape index (κ1) is 13.8. The topological polar surface area (TPSA) is 46.6 Å². The third-order valence-corrected chi connectivity index (χ3v) is 4.30. The minimum atomic E-state index is -0.0581. The van der Waals surface area contributed by atoms with Gasteiger partial charge in [0.05, 0.1) is 10.6 Å². The standard InChI is InChI=1S/C16H15NO3S/c18-13(15-8-4-10-21-15)6-3-9-17-12-5-1-2-7-14(12)20-11-16(17)19/h1-2,4-5,7-8,10H,3,6,9,11H2. The average molecular weight is 301 g/mol. The molecular formula is C16H15NO3S. The molecule has 0 fully saturated rings. The molecular weight excluding hydrogens is 286 g/mol. The van der Waals surface area contributed by atoms with E-state index in [2.05, 4.69) is 0 Å². The highest BCUT2D eigenvalue weighted by molar-refractivity contribution is 7.12. The molecule has 5 heteroatoms. The number of carbonyl (C=O) groups excluding carboxylic acids is 2. The van der Waals surface area contributed by atoms with Gasteiger partial charge in [-0.05, 0) is 30.0 Å². The summed E-state index contributed by atoms with van der Waals surface area (Å²) in [4.78, 5) is 26.4. The maximum absolute atomic E-state index is 12.0. The van der Waals surface area contributed by atoms with E-state index in [0.29, 0.717) is 19.4 Å². The summed E-state index contributed by atoms with van der Waals surface area (Å²) in [5, 5.41) is 1.90. The zero-order valence-electron chi connectivity index (χ0n) is 11.5. The highest BCUT2D eigenvalue weighted by Crippen LogP contribution is 2.31. The van der Waals surface area contributed by atoms with E-state index >= 15 is 0 Å². The number of thiophene rings is 1. The molecule has 0 spiro atoms. The molecule has 108 valence electrons. The lowest BCUT2D eigenvalue weighted by Crippen LogP contribution is -2.39. The molecule has 0 aliphatic carbocycles. The number of para-hydroxylation sites is 2. The highest BCUT2D eigenvalue weighted by atomic mass is 32.1. The van der Waals surface area contributed by atoms with Crippen LogP contribution in [0.25, 0.3) is 0 Å². The van der Waals surface area contributed by atoms with Crippen molar-refractivity contribution >= 4 is 28.7 Å². The molecule has 4 nitrogen and oxygen atoms in total. The van der Waals surface area contributed by atoms with Crippen LogP contribution in [0.3, 0.4) is 0 Å². The molecule has 1 aliphatic rings. The first-order chi connectivity index (χ1) is 10.3. The Hall–Kier alpha value is -2.14. The zero-order valence-corrected chi connectivity index (χ0v) is 12.3. The van der Waals surface area contributed by atoms with Crippen LogP contribution < -0.4 is 9.64 Å². The molecule has 0 saturated heterocycles. The number of rotatable bonds is 5. The third-order valence-electron chi connectivity index (χ3n) is 3.39. The van der Waals surface area contributed by atoms with Gasteiger partial charge >= 0.3 is 0 Å². The lowest BCUT2D eigenvalue weighted by Gasteiger charge is -2.29. The summed E-state index contributed by atoms with van der Waals surface area (Å²) in [6, 6.07) is 11.2. The molecule has 0 radical (unpaired) electrons. The van der Waals surface area contributed by atoms with E-state index in [1.54, 1.807) is 4.90 Å². The molecule has 21 heavy (non-hydrogen) atoms. The molecule has 3 rings (SSSR count). The summed E-state index contributed by atoms with van der Waals surface area (Å²) in [5.74, 6) is 0.804. The van der Waals surface area contributed by atoms with Crippen LogP contribution in [-0.2, 0) is 4.79 Å². The Morgan fingerprint density at radius 2 is 2.10 bits per heavy atom. The summed E-state index contributed by atoms with van der Waals surface area (Å²) in [6.07, 6.45) is 1.10. The molecule has 1 aliphatic heterocycles. The van der Waals surface area contributed by atoms with Crippen molar-refractivity contribution in [2.75, 3.05) is 18.1 Å². The third kappa shape index (κ3) is 2.97. The average Bonchev–Trinajstić information content (AvgIpc) is 3.04. The lowest BCUT2D eigenvalue weighted by atomic mass is 10.1. The molecule has 0 saturated carbocycles. The van der Waals surface area contributed by atoms with Gasteiger partial charge in [-0.25, -0.2) is 0 Å². The lowest BCUT2D eigenvalue weighted by molar-refractivity contribution is -0.121. The van der Waals surface area contributed by atoms with E-state index in [0.717, 1.165) is 16.3 Å². The first-order valence-electron chi connectivity index (χ1n) is 6.84. The van der Waals surface area contributed by atoms with E-state index in [9.17, 15) is 9.59 Å². The number of benzene rings is 1. The Labute approximate surface area is 127 Å². The number of ether oxygens (including phenoxy) is 1. The van der Waals surface area contributed by atoms with Crippen LogP contribution in [0.2, 0.25) is 0 Å². The van der Waals surface area contributed by atoms with Crippen LogP contribution in [0.1, 0.15) is 22.5 Å². The summed E-state index contributed by atoms with van der Waals surface area (Å²) in [7, 11) is 0. The molecule has 2 aromatic rings. The normalized spacial score (nSPS) is 13.7. The van der Waals surface area contributed by atoms with Crippen molar-refractivity contribution in [3.05, 3.63) is 46.7 Å². The van der Waals surface area contributed by atoms with E-state index in [-0.39, 0.29) is 18.3 Å². The van der Waals surface area contributed by atoms with Gasteiger partial charge in [0.1, 0.15) is 5.75 Å². The number of amides is 1. The maximum Gasteiger partial charge on any atom is 0.265 e. The fourth-order valence-corrected chi connectivity index (χ4v) is 3.05. The van der Waals surface area contributed by atoms with E-state index in [4.69, 9.17) is 4.74 Å². The molecule has 0 N–H and O–H groups in total. The Morgan fingerprint density at radius 3 is 2.90 bits per heavy atom. The Balaban J connectivity index is 1.63. The second kappa shape index (κ2) is 6.10. The number of hydrogen-bond donors (Lipinski definition) is 0. The number of fused-ring (bicyclic) bond motifs is 1. The summed E-state index contributed by atoms with van der Waals surface area (Å²) < 4.78 is 5.40. The van der Waals surface area contributed by atoms with Crippen molar-refractivity contribution in [2.45, 2.75) is 12.8 Å². The van der Waals surface area contributed by atoms with Gasteiger partial charge in [0.2, 0.25) is 0 Å². The van der Waals surface area contributed by atoms with E-state index < -0.39 is 0 Å². The molecule has 0 bridgehead atoms. The van der Waals surface area contributed by atoms with Gasteiger partial charge in [0, 0.05) is 13.0 Å². The van der Waals surface area contributed by atoms with Crippen LogP contribution in [0.15, 0.2) is 41.8 Å². The van der Waals surface area contributed by atoms with Crippen molar-refractivity contribution in [3.8, 4) is 5.75 Å². The Bertz CT molecular complexity index is 651. The molecule has 0 unspecified atom stereocenters. The van der Waals surface area contributed by atoms with Crippen LogP contribution in [-0.4, -0.2) is 24.8 Å². The van der Waals surface area contributed by atoms with Crippen molar-refractivity contribution in [1.82, 2.24) is 0 Å². The van der Waals surface area contributed by atoms with Crippen molar-refractivity contribution < 1.29 is 14.3 Å². The smallest absolute Gasteiger partial charge is 0.265 e. The van der Waals surface area contributed by atoms with Gasteiger partial charge in [-0.15, -0.1) is 11.3 Å². The van der Waals surface area contributed by atoms with Gasteiger partial charge in [0.15, 0.2) is 12.4 Å². The maximum atomic E-state index is 12.0. The predicted octanol–water partition coefficient (Wildman–Crippen LogP) is 3.14. The van der Waals surface area contributed by atoms with Gasteiger partial charge in [-0.2, -0.15) is 0 Å². The number of Topliss-reactive ketones (excluding diaryl/α,β-unsaturated/α-hetero) is 1. The summed E-state index contributed by atoms with van der Waals surface area (Å²) in [5.41, 5.74) is 0.789. The van der Waals surface area contributed by atoms with Crippen LogP contribution in [0.5, 0.6) is 5.75 Å².